The maximum absolute atomic E-state index is 12.8. The Morgan fingerprint density at radius 3 is 2.69 bits per heavy atom. The van der Waals surface area contributed by atoms with Crippen LogP contribution in [0.5, 0.6) is 0 Å². The van der Waals surface area contributed by atoms with E-state index in [2.05, 4.69) is 6.07 Å². The first-order chi connectivity index (χ1) is 6.27. The predicted molar refractivity (Wildman–Crippen MR) is 48.6 cm³/mol. The number of hydrogen-bond donors (Lipinski definition) is 0. The van der Waals surface area contributed by atoms with Gasteiger partial charge in [-0.2, -0.15) is 5.26 Å². The summed E-state index contributed by atoms with van der Waals surface area (Å²) >= 11 is 0. The van der Waals surface area contributed by atoms with Crippen LogP contribution in [0.3, 0.4) is 0 Å². The highest BCUT2D eigenvalue weighted by Crippen LogP contribution is 2.47. The van der Waals surface area contributed by atoms with Gasteiger partial charge in [0, 0.05) is 6.42 Å². The number of halogens is 1. The second kappa shape index (κ2) is 2.99. The van der Waals surface area contributed by atoms with E-state index < -0.39 is 6.17 Å². The molecule has 13 heavy (non-hydrogen) atoms. The van der Waals surface area contributed by atoms with Gasteiger partial charge in [0.05, 0.1) is 11.5 Å². The number of hydrogen-bond acceptors (Lipinski definition) is 1. The Morgan fingerprint density at radius 2 is 2.31 bits per heavy atom. The van der Waals surface area contributed by atoms with Gasteiger partial charge in [-0.1, -0.05) is 18.2 Å². The molecule has 68 valence electrons. The quantitative estimate of drug-likeness (QED) is 0.604. The molecular formula is C11H12FN. The van der Waals surface area contributed by atoms with E-state index in [0.29, 0.717) is 6.42 Å². The Bertz CT molecular complexity index is 305. The van der Waals surface area contributed by atoms with Crippen molar-refractivity contribution in [1.82, 2.24) is 0 Å². The Labute approximate surface area is 77.6 Å². The van der Waals surface area contributed by atoms with Crippen molar-refractivity contribution in [3.8, 4) is 6.07 Å². The van der Waals surface area contributed by atoms with Crippen molar-refractivity contribution in [2.45, 2.75) is 31.9 Å². The lowest BCUT2D eigenvalue weighted by Gasteiger charge is -2.37. The van der Waals surface area contributed by atoms with Gasteiger partial charge in [0.25, 0.3) is 0 Å². The first kappa shape index (κ1) is 8.50. The van der Waals surface area contributed by atoms with E-state index in [0.717, 1.165) is 24.8 Å². The lowest BCUT2D eigenvalue weighted by atomic mass is 9.64. The van der Waals surface area contributed by atoms with Crippen LogP contribution in [0.2, 0.25) is 0 Å². The molecule has 0 N–H and O–H groups in total. The fraction of sp³-hybridized carbons (Fsp3) is 0.545. The zero-order valence-electron chi connectivity index (χ0n) is 7.46. The third-order valence-corrected chi connectivity index (χ3v) is 3.02. The van der Waals surface area contributed by atoms with Gasteiger partial charge < -0.3 is 0 Å². The Morgan fingerprint density at radius 1 is 1.54 bits per heavy atom. The van der Waals surface area contributed by atoms with Crippen LogP contribution in [0.25, 0.3) is 0 Å². The largest absolute Gasteiger partial charge is 0.243 e. The summed E-state index contributed by atoms with van der Waals surface area (Å²) in [5.74, 6) is 0. The van der Waals surface area contributed by atoms with E-state index in [-0.39, 0.29) is 5.41 Å². The zero-order chi connectivity index (χ0) is 9.31. The molecule has 0 spiro atoms. The molecule has 1 fully saturated rings. The van der Waals surface area contributed by atoms with Gasteiger partial charge in [0.15, 0.2) is 0 Å². The topological polar surface area (TPSA) is 23.8 Å². The number of nitrogens with zero attached hydrogens (tertiary/aromatic N) is 1. The molecule has 0 bridgehead atoms. The van der Waals surface area contributed by atoms with Crippen molar-refractivity contribution in [2.24, 2.45) is 5.41 Å². The van der Waals surface area contributed by atoms with E-state index in [1.165, 1.54) is 0 Å². The fourth-order valence-corrected chi connectivity index (χ4v) is 1.94. The molecule has 0 amide bonds. The maximum Gasteiger partial charge on any atom is 0.122 e. The van der Waals surface area contributed by atoms with Gasteiger partial charge in [0.1, 0.15) is 6.17 Å². The fourth-order valence-electron chi connectivity index (χ4n) is 1.94. The standard InChI is InChI=1S/C11H12FN/c12-10-4-2-9(3-5-10)11(8-13)6-1-7-11/h2-4,10H,1,5-7H2. The smallest absolute Gasteiger partial charge is 0.122 e. The molecule has 0 aliphatic heterocycles. The highest BCUT2D eigenvalue weighted by Gasteiger charge is 2.40. The monoisotopic (exact) mass is 177 g/mol. The summed E-state index contributed by atoms with van der Waals surface area (Å²) in [6, 6.07) is 2.36. The Kier molecular flexibility index (Phi) is 1.95. The van der Waals surface area contributed by atoms with Crippen LogP contribution in [0, 0.1) is 16.7 Å². The molecule has 2 aliphatic carbocycles. The van der Waals surface area contributed by atoms with E-state index in [4.69, 9.17) is 5.26 Å². The lowest BCUT2D eigenvalue weighted by molar-refractivity contribution is 0.270. The van der Waals surface area contributed by atoms with Crippen LogP contribution in [-0.4, -0.2) is 6.17 Å². The van der Waals surface area contributed by atoms with Crippen LogP contribution in [0.15, 0.2) is 23.8 Å². The Hall–Kier alpha value is -1.10. The predicted octanol–water partition coefficient (Wildman–Crippen LogP) is 2.90. The number of alkyl halides is 1. The van der Waals surface area contributed by atoms with E-state index in [1.54, 1.807) is 12.2 Å². The molecule has 0 aromatic carbocycles. The summed E-state index contributed by atoms with van der Waals surface area (Å²) in [5, 5.41) is 9.04. The summed E-state index contributed by atoms with van der Waals surface area (Å²) in [7, 11) is 0. The first-order valence-corrected chi connectivity index (χ1v) is 4.71. The summed E-state index contributed by atoms with van der Waals surface area (Å²) in [6.07, 6.45) is 7.83. The number of rotatable bonds is 1. The highest BCUT2D eigenvalue weighted by atomic mass is 19.1. The SMILES string of the molecule is N#CC1(C2=CCC(F)C=C2)CCC1. The molecule has 1 atom stereocenters. The molecule has 0 heterocycles. The highest BCUT2D eigenvalue weighted by molar-refractivity contribution is 5.38. The van der Waals surface area contributed by atoms with Crippen molar-refractivity contribution in [3.63, 3.8) is 0 Å². The lowest BCUT2D eigenvalue weighted by Crippen LogP contribution is -2.30. The average molecular weight is 177 g/mol. The summed E-state index contributed by atoms with van der Waals surface area (Å²) in [5.41, 5.74) is 0.770. The molecule has 2 heteroatoms. The van der Waals surface area contributed by atoms with Crippen LogP contribution in [0.4, 0.5) is 4.39 Å². The molecule has 0 saturated heterocycles. The summed E-state index contributed by atoms with van der Waals surface area (Å²) in [4.78, 5) is 0. The third-order valence-electron chi connectivity index (χ3n) is 3.02. The van der Waals surface area contributed by atoms with Crippen molar-refractivity contribution in [3.05, 3.63) is 23.8 Å². The average Bonchev–Trinajstić information content (AvgIpc) is 2.07. The second-order valence-corrected chi connectivity index (χ2v) is 3.82. The van der Waals surface area contributed by atoms with E-state index in [1.807, 2.05) is 6.08 Å². The van der Waals surface area contributed by atoms with Gasteiger partial charge in [-0.25, -0.2) is 4.39 Å². The molecule has 2 rings (SSSR count). The Balaban J connectivity index is 2.18. The van der Waals surface area contributed by atoms with Crippen molar-refractivity contribution in [1.29, 1.82) is 5.26 Å². The van der Waals surface area contributed by atoms with Crippen LogP contribution in [-0.2, 0) is 0 Å². The summed E-state index contributed by atoms with van der Waals surface area (Å²) in [6.45, 7) is 0. The van der Waals surface area contributed by atoms with Crippen molar-refractivity contribution < 1.29 is 4.39 Å². The first-order valence-electron chi connectivity index (χ1n) is 4.71. The molecule has 1 saturated carbocycles. The normalized spacial score (nSPS) is 30.2. The molecule has 0 aromatic rings. The van der Waals surface area contributed by atoms with Crippen LogP contribution >= 0.6 is 0 Å². The van der Waals surface area contributed by atoms with Gasteiger partial charge in [-0.05, 0) is 24.8 Å². The maximum atomic E-state index is 12.8. The van der Waals surface area contributed by atoms with Gasteiger partial charge in [-0.3, -0.25) is 0 Å². The second-order valence-electron chi connectivity index (χ2n) is 3.82. The molecule has 0 radical (unpaired) electrons. The third kappa shape index (κ3) is 1.29. The zero-order valence-corrected chi connectivity index (χ0v) is 7.46. The number of allylic oxidation sites excluding steroid dienone is 4. The minimum absolute atomic E-state index is 0.267. The molecule has 2 aliphatic rings. The molecule has 0 aromatic heterocycles. The minimum Gasteiger partial charge on any atom is -0.243 e. The van der Waals surface area contributed by atoms with Gasteiger partial charge in [-0.15, -0.1) is 0 Å². The van der Waals surface area contributed by atoms with Gasteiger partial charge in [0.2, 0.25) is 0 Å². The van der Waals surface area contributed by atoms with Crippen molar-refractivity contribution in [2.75, 3.05) is 0 Å². The van der Waals surface area contributed by atoms with E-state index >= 15 is 0 Å². The molecule has 1 unspecified atom stereocenters. The number of nitriles is 1. The molecule has 1 nitrogen and oxygen atoms in total. The minimum atomic E-state index is -0.848. The van der Waals surface area contributed by atoms with Crippen LogP contribution in [0.1, 0.15) is 25.7 Å². The van der Waals surface area contributed by atoms with E-state index in [9.17, 15) is 4.39 Å². The molecular weight excluding hydrogens is 165 g/mol. The summed E-state index contributed by atoms with van der Waals surface area (Å²) < 4.78 is 12.8. The van der Waals surface area contributed by atoms with Gasteiger partial charge >= 0.3 is 0 Å². The van der Waals surface area contributed by atoms with Crippen molar-refractivity contribution >= 4 is 0 Å². The van der Waals surface area contributed by atoms with Crippen LogP contribution < -0.4 is 0 Å².